The fourth-order valence-electron chi connectivity index (χ4n) is 2.28. The predicted octanol–water partition coefficient (Wildman–Crippen LogP) is 0.438. The van der Waals surface area contributed by atoms with Crippen LogP contribution in [-0.4, -0.2) is 56.0 Å². The Balaban J connectivity index is 2.42. The number of nitrogens with zero attached hydrogens (tertiary/aromatic N) is 1. The molecule has 1 rings (SSSR count). The zero-order valence-electron chi connectivity index (χ0n) is 11.6. The van der Waals surface area contributed by atoms with Crippen LogP contribution in [0.5, 0.6) is 0 Å². The predicted molar refractivity (Wildman–Crippen MR) is 69.3 cm³/mol. The van der Waals surface area contributed by atoms with Gasteiger partial charge in [0.05, 0.1) is 12.6 Å². The first-order valence-corrected chi connectivity index (χ1v) is 6.57. The van der Waals surface area contributed by atoms with Crippen molar-refractivity contribution in [3.05, 3.63) is 0 Å². The number of ketones is 1. The zero-order chi connectivity index (χ0) is 13.5. The van der Waals surface area contributed by atoms with E-state index in [1.165, 1.54) is 0 Å². The third kappa shape index (κ3) is 4.38. The van der Waals surface area contributed by atoms with Gasteiger partial charge in [-0.1, -0.05) is 0 Å². The number of ether oxygens (including phenoxy) is 1. The summed E-state index contributed by atoms with van der Waals surface area (Å²) in [5.74, 6) is 0.330. The molecule has 0 radical (unpaired) electrons. The summed E-state index contributed by atoms with van der Waals surface area (Å²) in [6.45, 7) is 6.18. The highest BCUT2D eigenvalue weighted by atomic mass is 16.5. The third-order valence-electron chi connectivity index (χ3n) is 3.56. The number of rotatable bonds is 6. The van der Waals surface area contributed by atoms with Crippen molar-refractivity contribution in [1.29, 1.82) is 0 Å². The number of carbonyl (C=O) groups excluding carboxylic acids is 2. The molecule has 1 amide bonds. The van der Waals surface area contributed by atoms with Crippen LogP contribution in [0.4, 0.5) is 0 Å². The van der Waals surface area contributed by atoms with Crippen LogP contribution >= 0.6 is 0 Å². The molecule has 0 aromatic heterocycles. The highest BCUT2D eigenvalue weighted by molar-refractivity contribution is 5.82. The summed E-state index contributed by atoms with van der Waals surface area (Å²) < 4.78 is 4.89. The van der Waals surface area contributed by atoms with Gasteiger partial charge < -0.3 is 10.1 Å². The van der Waals surface area contributed by atoms with Crippen LogP contribution in [0.25, 0.3) is 0 Å². The van der Waals surface area contributed by atoms with Crippen LogP contribution in [0.1, 0.15) is 26.7 Å². The van der Waals surface area contributed by atoms with Gasteiger partial charge >= 0.3 is 0 Å². The Hall–Kier alpha value is -0.940. The molecule has 1 N–H and O–H groups in total. The maximum atomic E-state index is 11.9. The lowest BCUT2D eigenvalue weighted by Crippen LogP contribution is -2.50. The highest BCUT2D eigenvalue weighted by Crippen LogP contribution is 2.19. The molecule has 1 fully saturated rings. The first-order valence-electron chi connectivity index (χ1n) is 6.57. The van der Waals surface area contributed by atoms with Crippen molar-refractivity contribution in [3.63, 3.8) is 0 Å². The average molecular weight is 256 g/mol. The summed E-state index contributed by atoms with van der Waals surface area (Å²) in [4.78, 5) is 25.4. The minimum atomic E-state index is -0.177. The number of piperidine rings is 1. The Morgan fingerprint density at radius 1 is 1.50 bits per heavy atom. The Bertz CT molecular complexity index is 294. The lowest BCUT2D eigenvalue weighted by Gasteiger charge is -2.35. The number of hydrogen-bond donors (Lipinski definition) is 1. The largest absolute Gasteiger partial charge is 0.383 e. The van der Waals surface area contributed by atoms with Gasteiger partial charge in [0.25, 0.3) is 0 Å². The Kier molecular flexibility index (Phi) is 6.29. The van der Waals surface area contributed by atoms with Crippen LogP contribution in [0, 0.1) is 5.92 Å². The van der Waals surface area contributed by atoms with Gasteiger partial charge in [0, 0.05) is 26.1 Å². The van der Waals surface area contributed by atoms with Crippen LogP contribution in [0.2, 0.25) is 0 Å². The number of nitrogens with one attached hydrogen (secondary N) is 1. The van der Waals surface area contributed by atoms with E-state index in [9.17, 15) is 9.59 Å². The second kappa shape index (κ2) is 7.48. The average Bonchev–Trinajstić information content (AvgIpc) is 2.38. The lowest BCUT2D eigenvalue weighted by atomic mass is 9.93. The lowest BCUT2D eigenvalue weighted by molar-refractivity contribution is -0.129. The number of carbonyl (C=O) groups is 2. The quantitative estimate of drug-likeness (QED) is 0.701. The molecular weight excluding hydrogens is 232 g/mol. The standard InChI is InChI=1S/C13H24N2O3/c1-10(13(17)14-6-8-18-3)15-7-4-5-12(9-15)11(2)16/h10,12H,4-9H2,1-3H3,(H,14,17). The normalized spacial score (nSPS) is 22.5. The van der Waals surface area contributed by atoms with Crippen molar-refractivity contribution >= 4 is 11.7 Å². The van der Waals surface area contributed by atoms with Crippen molar-refractivity contribution in [2.24, 2.45) is 5.92 Å². The second-order valence-corrected chi connectivity index (χ2v) is 4.90. The van der Waals surface area contributed by atoms with Crippen LogP contribution in [0.3, 0.4) is 0 Å². The van der Waals surface area contributed by atoms with Gasteiger partial charge in [0.15, 0.2) is 0 Å². The molecule has 5 heteroatoms. The van der Waals surface area contributed by atoms with Crippen molar-refractivity contribution < 1.29 is 14.3 Å². The Morgan fingerprint density at radius 2 is 2.22 bits per heavy atom. The highest BCUT2D eigenvalue weighted by Gasteiger charge is 2.28. The van der Waals surface area contributed by atoms with E-state index in [0.717, 1.165) is 19.4 Å². The van der Waals surface area contributed by atoms with Gasteiger partial charge in [-0.05, 0) is 33.2 Å². The van der Waals surface area contributed by atoms with Gasteiger partial charge in [-0.3, -0.25) is 14.5 Å². The van der Waals surface area contributed by atoms with Gasteiger partial charge in [0.1, 0.15) is 5.78 Å². The molecule has 1 aliphatic rings. The molecule has 0 aromatic carbocycles. The van der Waals surface area contributed by atoms with Crippen molar-refractivity contribution in [2.45, 2.75) is 32.7 Å². The Labute approximate surface area is 109 Å². The molecule has 1 aliphatic heterocycles. The molecule has 18 heavy (non-hydrogen) atoms. The SMILES string of the molecule is COCCNC(=O)C(C)N1CCCC(C(C)=O)C1. The molecule has 1 saturated heterocycles. The smallest absolute Gasteiger partial charge is 0.237 e. The third-order valence-corrected chi connectivity index (χ3v) is 3.56. The molecule has 104 valence electrons. The molecule has 0 bridgehead atoms. The first-order chi connectivity index (χ1) is 8.56. The molecular formula is C13H24N2O3. The molecule has 2 atom stereocenters. The molecule has 2 unspecified atom stereocenters. The maximum absolute atomic E-state index is 11.9. The summed E-state index contributed by atoms with van der Waals surface area (Å²) in [6, 6.07) is -0.177. The van der Waals surface area contributed by atoms with E-state index in [1.54, 1.807) is 14.0 Å². The van der Waals surface area contributed by atoms with Gasteiger partial charge in [-0.2, -0.15) is 0 Å². The van der Waals surface area contributed by atoms with Crippen LogP contribution in [-0.2, 0) is 14.3 Å². The summed E-state index contributed by atoms with van der Waals surface area (Å²) in [6.07, 6.45) is 1.93. The second-order valence-electron chi connectivity index (χ2n) is 4.90. The van der Waals surface area contributed by atoms with Gasteiger partial charge in [-0.25, -0.2) is 0 Å². The summed E-state index contributed by atoms with van der Waals surface area (Å²) in [7, 11) is 1.61. The fraction of sp³-hybridized carbons (Fsp3) is 0.846. The maximum Gasteiger partial charge on any atom is 0.237 e. The van der Waals surface area contributed by atoms with Crippen LogP contribution in [0.15, 0.2) is 0 Å². The van der Waals surface area contributed by atoms with E-state index in [0.29, 0.717) is 19.7 Å². The first kappa shape index (κ1) is 15.1. The molecule has 0 aromatic rings. The molecule has 0 spiro atoms. The summed E-state index contributed by atoms with van der Waals surface area (Å²) >= 11 is 0. The van der Waals surface area contributed by atoms with Crippen molar-refractivity contribution in [3.8, 4) is 0 Å². The van der Waals surface area contributed by atoms with E-state index in [1.807, 2.05) is 6.92 Å². The Morgan fingerprint density at radius 3 is 2.83 bits per heavy atom. The molecule has 1 heterocycles. The molecule has 5 nitrogen and oxygen atoms in total. The zero-order valence-corrected chi connectivity index (χ0v) is 11.6. The van der Waals surface area contributed by atoms with Crippen LogP contribution < -0.4 is 5.32 Å². The number of likely N-dealkylation sites (tertiary alicyclic amines) is 1. The minimum Gasteiger partial charge on any atom is -0.383 e. The topological polar surface area (TPSA) is 58.6 Å². The van der Waals surface area contributed by atoms with Gasteiger partial charge in [-0.15, -0.1) is 0 Å². The van der Waals surface area contributed by atoms with E-state index in [-0.39, 0.29) is 23.7 Å². The number of hydrogen-bond acceptors (Lipinski definition) is 4. The van der Waals surface area contributed by atoms with Crippen molar-refractivity contribution in [2.75, 3.05) is 33.4 Å². The summed E-state index contributed by atoms with van der Waals surface area (Å²) in [5, 5.41) is 2.83. The van der Waals surface area contributed by atoms with E-state index in [2.05, 4.69) is 10.2 Å². The van der Waals surface area contributed by atoms with Crippen molar-refractivity contribution in [1.82, 2.24) is 10.2 Å². The van der Waals surface area contributed by atoms with E-state index < -0.39 is 0 Å². The minimum absolute atomic E-state index is 0.0104. The molecule has 0 aliphatic carbocycles. The number of amides is 1. The van der Waals surface area contributed by atoms with Gasteiger partial charge in [0.2, 0.25) is 5.91 Å². The fourth-order valence-corrected chi connectivity index (χ4v) is 2.28. The monoisotopic (exact) mass is 256 g/mol. The molecule has 0 saturated carbocycles. The summed E-state index contributed by atoms with van der Waals surface area (Å²) in [5.41, 5.74) is 0. The van der Waals surface area contributed by atoms with E-state index >= 15 is 0 Å². The number of methoxy groups -OCH3 is 1. The van der Waals surface area contributed by atoms with E-state index in [4.69, 9.17) is 4.74 Å². The number of Topliss-reactive ketones (excluding diaryl/α,β-unsaturated/α-hetero) is 1.